The van der Waals surface area contributed by atoms with E-state index in [2.05, 4.69) is 10.3 Å². The molecule has 1 saturated heterocycles. The van der Waals surface area contributed by atoms with Crippen molar-refractivity contribution in [3.8, 4) is 11.6 Å². The molecule has 2 bridgehead atoms. The second-order valence-corrected chi connectivity index (χ2v) is 13.3. The van der Waals surface area contributed by atoms with Crippen molar-refractivity contribution in [3.05, 3.63) is 29.3 Å². The summed E-state index contributed by atoms with van der Waals surface area (Å²) in [5.41, 5.74) is -0.188. The fourth-order valence-electron chi connectivity index (χ4n) is 6.38. The molecule has 3 heterocycles. The standard InChI is InChI=1S/C32H41F2N3O6/c1-17-21-11-10-20(41-6)14-22(21)35-28-26(17)32(33,34)12-8-7-9-19-13-24(19)43-30(40)36-27(31(3,4)5)29(39)37-15-25(42-28)18(2)23(37)16-38/h10-11,14,16,18-19,23-25,27H,7-9,12-13,15H2,1-6H3,(H,36,40)/t18-,19+,23+,24+,25-,27+/m0/s1. The van der Waals surface area contributed by atoms with Crippen molar-refractivity contribution in [3.63, 3.8) is 0 Å². The maximum Gasteiger partial charge on any atom is 0.408 e. The van der Waals surface area contributed by atoms with Crippen molar-refractivity contribution >= 4 is 29.2 Å². The summed E-state index contributed by atoms with van der Waals surface area (Å²) in [4.78, 5) is 45.0. The van der Waals surface area contributed by atoms with E-state index in [1.807, 2.05) is 20.8 Å². The molecule has 1 aromatic carbocycles. The van der Waals surface area contributed by atoms with E-state index in [1.54, 1.807) is 32.0 Å². The number of aldehydes is 1. The Hall–Kier alpha value is -3.50. The Morgan fingerprint density at radius 1 is 1.16 bits per heavy atom. The average molecular weight is 602 g/mol. The number of hydrogen-bond acceptors (Lipinski definition) is 7. The molecule has 234 valence electrons. The minimum Gasteiger partial charge on any atom is -0.497 e. The quantitative estimate of drug-likeness (QED) is 0.451. The number of methoxy groups -OCH3 is 1. The summed E-state index contributed by atoms with van der Waals surface area (Å²) in [6.45, 7) is 8.79. The zero-order valence-corrected chi connectivity index (χ0v) is 25.6. The lowest BCUT2D eigenvalue weighted by atomic mass is 9.85. The molecular weight excluding hydrogens is 560 g/mol. The van der Waals surface area contributed by atoms with Gasteiger partial charge in [0.1, 0.15) is 30.3 Å². The average Bonchev–Trinajstić information content (AvgIpc) is 3.59. The van der Waals surface area contributed by atoms with Crippen molar-refractivity contribution in [1.82, 2.24) is 15.2 Å². The van der Waals surface area contributed by atoms with Crippen molar-refractivity contribution in [2.75, 3.05) is 13.7 Å². The van der Waals surface area contributed by atoms with Crippen LogP contribution in [0.25, 0.3) is 10.9 Å². The third-order valence-corrected chi connectivity index (χ3v) is 9.14. The van der Waals surface area contributed by atoms with Crippen LogP contribution < -0.4 is 14.8 Å². The highest BCUT2D eigenvalue weighted by molar-refractivity contribution is 5.89. The first-order valence-corrected chi connectivity index (χ1v) is 15.0. The van der Waals surface area contributed by atoms with Crippen molar-refractivity contribution in [2.45, 2.75) is 96.9 Å². The van der Waals surface area contributed by atoms with Gasteiger partial charge in [-0.2, -0.15) is 0 Å². The number of amides is 2. The normalized spacial score (nSPS) is 29.7. The van der Waals surface area contributed by atoms with Crippen LogP contribution >= 0.6 is 0 Å². The first-order valence-electron chi connectivity index (χ1n) is 15.0. The molecule has 2 amide bonds. The van der Waals surface area contributed by atoms with Crippen molar-refractivity contribution in [2.24, 2.45) is 17.3 Å². The summed E-state index contributed by atoms with van der Waals surface area (Å²) in [6, 6.07) is 3.22. The Morgan fingerprint density at radius 3 is 2.58 bits per heavy atom. The van der Waals surface area contributed by atoms with E-state index in [9.17, 15) is 14.4 Å². The van der Waals surface area contributed by atoms with Gasteiger partial charge in [0.05, 0.1) is 30.8 Å². The molecule has 5 rings (SSSR count). The van der Waals surface area contributed by atoms with Gasteiger partial charge in [-0.05, 0) is 55.2 Å². The summed E-state index contributed by atoms with van der Waals surface area (Å²) in [7, 11) is 1.52. The van der Waals surface area contributed by atoms with E-state index >= 15 is 8.78 Å². The number of benzene rings is 1. The number of pyridine rings is 1. The van der Waals surface area contributed by atoms with Gasteiger partial charge in [0.15, 0.2) is 0 Å². The monoisotopic (exact) mass is 601 g/mol. The molecule has 6 atom stereocenters. The fourth-order valence-corrected chi connectivity index (χ4v) is 6.38. The van der Waals surface area contributed by atoms with Crippen LogP contribution in [0.1, 0.15) is 70.9 Å². The van der Waals surface area contributed by atoms with Crippen LogP contribution in [0.15, 0.2) is 18.2 Å². The molecule has 1 saturated carbocycles. The number of fused-ring (bicyclic) bond motifs is 5. The lowest BCUT2D eigenvalue weighted by Crippen LogP contribution is -2.56. The Morgan fingerprint density at radius 2 is 1.91 bits per heavy atom. The molecule has 0 spiro atoms. The predicted molar refractivity (Wildman–Crippen MR) is 155 cm³/mol. The number of halogens is 2. The lowest BCUT2D eigenvalue weighted by Gasteiger charge is -2.34. The Balaban J connectivity index is 1.58. The van der Waals surface area contributed by atoms with Crippen LogP contribution in [0, 0.1) is 24.2 Å². The molecule has 0 radical (unpaired) electrons. The van der Waals surface area contributed by atoms with Crippen LogP contribution in [0.2, 0.25) is 0 Å². The molecule has 3 aliphatic rings. The van der Waals surface area contributed by atoms with Gasteiger partial charge >= 0.3 is 6.09 Å². The highest BCUT2D eigenvalue weighted by Crippen LogP contribution is 2.45. The zero-order chi connectivity index (χ0) is 31.3. The third-order valence-electron chi connectivity index (χ3n) is 9.14. The number of rotatable bonds is 2. The topological polar surface area (TPSA) is 107 Å². The van der Waals surface area contributed by atoms with Crippen LogP contribution in [-0.4, -0.2) is 66.1 Å². The van der Waals surface area contributed by atoms with Gasteiger partial charge < -0.3 is 29.2 Å². The smallest absolute Gasteiger partial charge is 0.408 e. The van der Waals surface area contributed by atoms with Gasteiger partial charge in [-0.15, -0.1) is 0 Å². The molecule has 9 nitrogen and oxygen atoms in total. The molecule has 1 aromatic heterocycles. The van der Waals surface area contributed by atoms with Gasteiger partial charge in [-0.25, -0.2) is 18.6 Å². The minimum atomic E-state index is -3.25. The van der Waals surface area contributed by atoms with E-state index in [0.717, 1.165) is 0 Å². The van der Waals surface area contributed by atoms with Gasteiger partial charge in [-0.1, -0.05) is 34.1 Å². The Labute approximate surface area is 250 Å². The summed E-state index contributed by atoms with van der Waals surface area (Å²) in [6.07, 6.45) is 0.583. The van der Waals surface area contributed by atoms with E-state index in [0.29, 0.717) is 47.8 Å². The van der Waals surface area contributed by atoms with E-state index in [-0.39, 0.29) is 36.4 Å². The highest BCUT2D eigenvalue weighted by atomic mass is 19.3. The van der Waals surface area contributed by atoms with Gasteiger partial charge in [0.2, 0.25) is 11.8 Å². The maximum absolute atomic E-state index is 16.1. The number of alkyl carbamates (subject to hydrolysis) is 1. The number of nitrogens with one attached hydrogen (secondary N) is 1. The molecule has 2 aromatic rings. The van der Waals surface area contributed by atoms with E-state index in [4.69, 9.17) is 14.2 Å². The van der Waals surface area contributed by atoms with Crippen LogP contribution in [0.4, 0.5) is 13.6 Å². The van der Waals surface area contributed by atoms with Gasteiger partial charge in [-0.3, -0.25) is 4.79 Å². The SMILES string of the molecule is COc1ccc2c(C)c3c(nc2c1)O[C@H]1CN(C(=O)[C@H](C(C)(C)C)NC(=O)O[C@@H]2C[C@H]2CCCCC3(F)F)[C@H](C=O)[C@@H]1C. The van der Waals surface area contributed by atoms with Crippen molar-refractivity contribution in [1.29, 1.82) is 0 Å². The summed E-state index contributed by atoms with van der Waals surface area (Å²) < 4.78 is 49.4. The van der Waals surface area contributed by atoms with Crippen LogP contribution in [0.5, 0.6) is 11.6 Å². The molecule has 1 aliphatic carbocycles. The number of ether oxygens (including phenoxy) is 3. The molecule has 1 N–H and O–H groups in total. The predicted octanol–water partition coefficient (Wildman–Crippen LogP) is 5.54. The Bertz CT molecular complexity index is 1410. The lowest BCUT2D eigenvalue weighted by molar-refractivity contribution is -0.139. The van der Waals surface area contributed by atoms with Crippen LogP contribution in [0.3, 0.4) is 0 Å². The summed E-state index contributed by atoms with van der Waals surface area (Å²) in [5, 5.41) is 3.31. The van der Waals surface area contributed by atoms with Crippen LogP contribution in [-0.2, 0) is 20.2 Å². The van der Waals surface area contributed by atoms with Gasteiger partial charge in [0, 0.05) is 23.8 Å². The first kappa shape index (κ1) is 30.9. The molecule has 43 heavy (non-hydrogen) atoms. The number of alkyl halides is 2. The first-order chi connectivity index (χ1) is 20.2. The number of nitrogens with zero attached hydrogens (tertiary/aromatic N) is 2. The van der Waals surface area contributed by atoms with E-state index in [1.165, 1.54) is 12.0 Å². The number of hydrogen-bond donors (Lipinski definition) is 1. The number of aromatic nitrogens is 1. The minimum absolute atomic E-state index is 0.0424. The van der Waals surface area contributed by atoms with Gasteiger partial charge in [0.25, 0.3) is 5.92 Å². The Kier molecular flexibility index (Phi) is 8.30. The molecular formula is C32H41F2N3O6. The molecule has 0 unspecified atom stereocenters. The molecule has 2 fully saturated rings. The summed E-state index contributed by atoms with van der Waals surface area (Å²) in [5.74, 6) is -3.84. The second-order valence-electron chi connectivity index (χ2n) is 13.3. The second kappa shape index (κ2) is 11.5. The van der Waals surface area contributed by atoms with Crippen molar-refractivity contribution < 1.29 is 37.4 Å². The number of carbonyl (C=O) groups is 3. The largest absolute Gasteiger partial charge is 0.497 e. The third kappa shape index (κ3) is 6.13. The highest BCUT2D eigenvalue weighted by Gasteiger charge is 2.49. The molecule has 2 aliphatic heterocycles. The molecule has 11 heteroatoms. The van der Waals surface area contributed by atoms with E-state index < -0.39 is 53.9 Å². The fraction of sp³-hybridized carbons (Fsp3) is 0.625. The number of carbonyl (C=O) groups excluding carboxylic acids is 3. The zero-order valence-electron chi connectivity index (χ0n) is 25.6. The number of aryl methyl sites for hydroxylation is 1. The summed E-state index contributed by atoms with van der Waals surface area (Å²) >= 11 is 0. The maximum atomic E-state index is 16.1.